The number of hydrogen-bond donors (Lipinski definition) is 0. The highest BCUT2D eigenvalue weighted by molar-refractivity contribution is 6.09. The first-order valence-electron chi connectivity index (χ1n) is 17.9. The molecule has 7 nitrogen and oxygen atoms in total. The van der Waals surface area contributed by atoms with Crippen molar-refractivity contribution >= 4 is 44.7 Å². The summed E-state index contributed by atoms with van der Waals surface area (Å²) < 4.78 is 2.29. The fraction of sp³-hybridized carbons (Fsp3) is 0.156. The monoisotopic (exact) mass is 681 g/mol. The van der Waals surface area contributed by atoms with Crippen LogP contribution >= 0.6 is 0 Å². The van der Waals surface area contributed by atoms with Crippen LogP contribution in [0.15, 0.2) is 147 Å². The van der Waals surface area contributed by atoms with Crippen LogP contribution in [-0.2, 0) is 0 Å². The Morgan fingerprint density at radius 1 is 0.500 bits per heavy atom. The number of rotatable bonds is 4. The van der Waals surface area contributed by atoms with Gasteiger partial charge >= 0.3 is 0 Å². The van der Waals surface area contributed by atoms with Crippen molar-refractivity contribution in [3.05, 3.63) is 163 Å². The molecule has 5 heterocycles. The van der Waals surface area contributed by atoms with E-state index in [1.165, 1.54) is 33.0 Å². The molecule has 0 N–H and O–H groups in total. The van der Waals surface area contributed by atoms with Crippen molar-refractivity contribution in [1.29, 1.82) is 0 Å². The van der Waals surface area contributed by atoms with E-state index in [-0.39, 0.29) is 0 Å². The first kappa shape index (κ1) is 34.1. The molecule has 0 saturated carbocycles. The van der Waals surface area contributed by atoms with Gasteiger partial charge in [0, 0.05) is 30.1 Å². The molecule has 4 aromatic carbocycles. The molecule has 0 spiro atoms. The van der Waals surface area contributed by atoms with Crippen LogP contribution < -0.4 is 9.80 Å². The van der Waals surface area contributed by atoms with Gasteiger partial charge in [0.15, 0.2) is 5.82 Å². The van der Waals surface area contributed by atoms with Crippen molar-refractivity contribution in [2.24, 2.45) is 0 Å². The summed E-state index contributed by atoms with van der Waals surface area (Å²) in [5.74, 6) is 0.867. The fourth-order valence-corrected chi connectivity index (χ4v) is 6.98. The van der Waals surface area contributed by atoms with Crippen molar-refractivity contribution in [3.63, 3.8) is 0 Å². The topological polar surface area (TPSA) is 63.0 Å². The Morgan fingerprint density at radius 2 is 1.02 bits per heavy atom. The highest BCUT2D eigenvalue weighted by Crippen LogP contribution is 2.40. The van der Waals surface area contributed by atoms with E-state index in [0.717, 1.165) is 58.3 Å². The van der Waals surface area contributed by atoms with Gasteiger partial charge in [-0.05, 0) is 72.9 Å². The maximum atomic E-state index is 4.66. The van der Waals surface area contributed by atoms with Crippen LogP contribution in [0.1, 0.15) is 30.5 Å². The molecular weight excluding hydrogens is 639 g/mol. The normalized spacial score (nSPS) is 12.1. The number of pyridine rings is 2. The van der Waals surface area contributed by atoms with Gasteiger partial charge in [-0.1, -0.05) is 98.8 Å². The maximum absolute atomic E-state index is 4.66. The molecule has 1 aliphatic heterocycles. The lowest BCUT2D eigenvalue weighted by Crippen LogP contribution is -2.37. The molecule has 0 bridgehead atoms. The van der Waals surface area contributed by atoms with E-state index in [0.29, 0.717) is 0 Å². The average molecular weight is 682 g/mol. The number of fused-ring (bicyclic) bond motifs is 4. The number of anilines is 4. The lowest BCUT2D eigenvalue weighted by Gasteiger charge is -2.37. The molecule has 8 aromatic rings. The van der Waals surface area contributed by atoms with E-state index in [4.69, 9.17) is 0 Å². The van der Waals surface area contributed by atoms with Gasteiger partial charge in [0.25, 0.3) is 0 Å². The zero-order chi connectivity index (χ0) is 36.0. The zero-order valence-electron chi connectivity index (χ0n) is 30.4. The number of para-hydroxylation sites is 2. The van der Waals surface area contributed by atoms with Gasteiger partial charge in [-0.15, -0.1) is 0 Å². The average Bonchev–Trinajstić information content (AvgIpc) is 3.54. The second-order valence-corrected chi connectivity index (χ2v) is 12.7. The van der Waals surface area contributed by atoms with Gasteiger partial charge in [0.2, 0.25) is 0 Å². The first-order valence-corrected chi connectivity index (χ1v) is 17.9. The fourth-order valence-electron chi connectivity index (χ4n) is 6.98. The summed E-state index contributed by atoms with van der Waals surface area (Å²) in [7, 11) is 0. The molecule has 4 aromatic heterocycles. The molecule has 52 heavy (non-hydrogen) atoms. The van der Waals surface area contributed by atoms with Crippen molar-refractivity contribution < 1.29 is 0 Å². The third-order valence-corrected chi connectivity index (χ3v) is 9.38. The van der Waals surface area contributed by atoms with Crippen LogP contribution in [-0.4, -0.2) is 37.6 Å². The summed E-state index contributed by atoms with van der Waals surface area (Å²) in [4.78, 5) is 22.5. The van der Waals surface area contributed by atoms with Gasteiger partial charge in [-0.2, -0.15) is 0 Å². The zero-order valence-corrected chi connectivity index (χ0v) is 30.4. The molecule has 0 atom stereocenters. The Hall–Kier alpha value is -6.34. The smallest absolute Gasteiger partial charge is 0.160 e. The largest absolute Gasteiger partial charge is 0.334 e. The van der Waals surface area contributed by atoms with Gasteiger partial charge in [0.1, 0.15) is 12.0 Å². The van der Waals surface area contributed by atoms with E-state index in [9.17, 15) is 0 Å². The number of nitrogens with zero attached hydrogens (tertiary/aromatic N) is 7. The van der Waals surface area contributed by atoms with Gasteiger partial charge < -0.3 is 14.4 Å². The second-order valence-electron chi connectivity index (χ2n) is 12.7. The highest BCUT2D eigenvalue weighted by Gasteiger charge is 2.27. The van der Waals surface area contributed by atoms with Crippen LogP contribution in [0.3, 0.4) is 0 Å². The van der Waals surface area contributed by atoms with E-state index < -0.39 is 0 Å². The first-order chi connectivity index (χ1) is 25.6. The Balaban J connectivity index is 0.000000220. The SMILES string of the molecule is CC.Cc1ccccc1-c1ccccc1C.Cc1cncc(N2CCN(c3cncc(-n4c5ccccc5c5ccccc54)c3)c3cncnc32)c1. The third kappa shape index (κ3) is 6.61. The van der Waals surface area contributed by atoms with Gasteiger partial charge in [-0.3, -0.25) is 9.97 Å². The Kier molecular flexibility index (Phi) is 10.0. The molecule has 0 fully saturated rings. The summed E-state index contributed by atoms with van der Waals surface area (Å²) >= 11 is 0. The quantitative estimate of drug-likeness (QED) is 0.184. The summed E-state index contributed by atoms with van der Waals surface area (Å²) in [5.41, 5.74) is 12.8. The number of hydrogen-bond acceptors (Lipinski definition) is 6. The van der Waals surface area contributed by atoms with Crippen LogP contribution in [0.25, 0.3) is 38.6 Å². The van der Waals surface area contributed by atoms with E-state index >= 15 is 0 Å². The third-order valence-electron chi connectivity index (χ3n) is 9.38. The molecule has 1 aliphatic rings. The van der Waals surface area contributed by atoms with Crippen molar-refractivity contribution in [2.75, 3.05) is 22.9 Å². The van der Waals surface area contributed by atoms with Gasteiger partial charge in [0.05, 0.1) is 52.9 Å². The summed E-state index contributed by atoms with van der Waals surface area (Å²) in [5, 5.41) is 2.47. The number of aromatic nitrogens is 5. The number of aryl methyl sites for hydroxylation is 3. The Labute approximate surface area is 305 Å². The van der Waals surface area contributed by atoms with E-state index in [2.05, 4.69) is 164 Å². The molecule has 7 heteroatoms. The molecule has 9 rings (SSSR count). The predicted octanol–water partition coefficient (Wildman–Crippen LogP) is 11.0. The minimum atomic E-state index is 0.770. The molecular formula is C45H43N7. The predicted molar refractivity (Wildman–Crippen MR) is 216 cm³/mol. The summed E-state index contributed by atoms with van der Waals surface area (Å²) in [6.07, 6.45) is 11.1. The minimum absolute atomic E-state index is 0.770. The molecule has 0 saturated heterocycles. The summed E-state index contributed by atoms with van der Waals surface area (Å²) in [6.45, 7) is 11.9. The highest BCUT2D eigenvalue weighted by atomic mass is 15.3. The molecule has 0 aliphatic carbocycles. The molecule has 258 valence electrons. The van der Waals surface area contributed by atoms with Crippen LogP contribution in [0, 0.1) is 20.8 Å². The van der Waals surface area contributed by atoms with Crippen molar-refractivity contribution in [1.82, 2.24) is 24.5 Å². The number of benzene rings is 4. The van der Waals surface area contributed by atoms with Crippen LogP contribution in [0.4, 0.5) is 22.9 Å². The molecule has 0 radical (unpaired) electrons. The summed E-state index contributed by atoms with van der Waals surface area (Å²) in [6, 6.07) is 38.4. The Morgan fingerprint density at radius 3 is 1.63 bits per heavy atom. The van der Waals surface area contributed by atoms with E-state index in [1.807, 2.05) is 44.8 Å². The van der Waals surface area contributed by atoms with Crippen LogP contribution in [0.2, 0.25) is 0 Å². The molecule has 0 amide bonds. The van der Waals surface area contributed by atoms with Gasteiger partial charge in [-0.25, -0.2) is 9.97 Å². The van der Waals surface area contributed by atoms with Crippen molar-refractivity contribution in [2.45, 2.75) is 34.6 Å². The lowest BCUT2D eigenvalue weighted by atomic mass is 9.97. The van der Waals surface area contributed by atoms with Crippen LogP contribution in [0.5, 0.6) is 0 Å². The Bertz CT molecular complexity index is 2370. The minimum Gasteiger partial charge on any atom is -0.334 e. The van der Waals surface area contributed by atoms with E-state index in [1.54, 1.807) is 6.33 Å². The molecule has 0 unspecified atom stereocenters. The van der Waals surface area contributed by atoms with Crippen molar-refractivity contribution in [3.8, 4) is 16.8 Å². The maximum Gasteiger partial charge on any atom is 0.160 e. The lowest BCUT2D eigenvalue weighted by molar-refractivity contribution is 0.821. The second kappa shape index (κ2) is 15.3. The standard InChI is InChI=1S/C29H23N7.C14H14.C2H6/c1-20-12-21(15-30-14-20)35-11-10-34(28-18-32-19-33-29(28)35)22-13-23(17-31-16-22)36-26-8-4-2-6-24(26)25-7-3-5-9-27(25)36;1-11-7-3-5-9-13(11)14-10-6-4-8-12(14)2;1-2/h2-9,12-19H,10-11H2,1H3;3-10H,1-2H3;1-2H3.